The Morgan fingerprint density at radius 1 is 0.955 bits per heavy atom. The van der Waals surface area contributed by atoms with Crippen LogP contribution < -0.4 is 0 Å². The number of benzene rings is 1. The van der Waals surface area contributed by atoms with E-state index in [9.17, 15) is 0 Å². The van der Waals surface area contributed by atoms with E-state index in [0.29, 0.717) is 0 Å². The van der Waals surface area contributed by atoms with Gasteiger partial charge in [-0.25, -0.2) is 0 Å². The first-order valence-corrected chi connectivity index (χ1v) is 8.30. The van der Waals surface area contributed by atoms with E-state index >= 15 is 0 Å². The minimum atomic E-state index is 0. The zero-order chi connectivity index (χ0) is 15.1. The predicted molar refractivity (Wildman–Crippen MR) is 101 cm³/mol. The molecule has 0 amide bonds. The lowest BCUT2D eigenvalue weighted by molar-refractivity contribution is 0.348. The van der Waals surface area contributed by atoms with Gasteiger partial charge in [0.25, 0.3) is 0 Å². The highest BCUT2D eigenvalue weighted by molar-refractivity contribution is 5.75. The minimum absolute atomic E-state index is 0. The van der Waals surface area contributed by atoms with Gasteiger partial charge in [-0.3, -0.25) is 0 Å². The molecule has 0 bridgehead atoms. The normalized spacial score (nSPS) is 23.0. The van der Waals surface area contributed by atoms with Crippen molar-refractivity contribution in [3.63, 3.8) is 0 Å². The summed E-state index contributed by atoms with van der Waals surface area (Å²) < 4.78 is 0. The van der Waals surface area contributed by atoms with Crippen LogP contribution in [0.2, 0.25) is 0 Å². The van der Waals surface area contributed by atoms with Gasteiger partial charge in [0, 0.05) is 0 Å². The van der Waals surface area contributed by atoms with Crippen LogP contribution in [-0.4, -0.2) is 0 Å². The van der Waals surface area contributed by atoms with Gasteiger partial charge in [0.05, 0.1) is 0 Å². The summed E-state index contributed by atoms with van der Waals surface area (Å²) in [6, 6.07) is 9.23. The fraction of sp³-hybridized carbons (Fsp3) is 0.455. The Labute approximate surface area is 137 Å². The Bertz CT molecular complexity index is 505. The third kappa shape index (κ3) is 5.02. The van der Waals surface area contributed by atoms with Crippen molar-refractivity contribution < 1.29 is 0 Å². The summed E-state index contributed by atoms with van der Waals surface area (Å²) in [5, 5.41) is 0. The van der Waals surface area contributed by atoms with Gasteiger partial charge in [0.1, 0.15) is 0 Å². The minimum Gasteiger partial charge on any atom is -0.0876 e. The molecule has 0 unspecified atom stereocenters. The molecule has 1 saturated carbocycles. The van der Waals surface area contributed by atoms with Gasteiger partial charge in [-0.05, 0) is 55.2 Å². The summed E-state index contributed by atoms with van der Waals surface area (Å²) in [7, 11) is 0. The fourth-order valence-corrected chi connectivity index (χ4v) is 3.17. The van der Waals surface area contributed by atoms with Crippen LogP contribution in [0.4, 0.5) is 0 Å². The summed E-state index contributed by atoms with van der Waals surface area (Å²) in [4.78, 5) is 0. The van der Waals surface area contributed by atoms with Crippen LogP contribution in [0.1, 0.15) is 70.9 Å². The van der Waals surface area contributed by atoms with Crippen molar-refractivity contribution >= 4 is 5.57 Å². The summed E-state index contributed by atoms with van der Waals surface area (Å²) in [6.45, 7) is 6.51. The molecule has 0 nitrogen and oxygen atoms in total. The van der Waals surface area contributed by atoms with E-state index in [1.807, 2.05) is 0 Å². The van der Waals surface area contributed by atoms with E-state index in [4.69, 9.17) is 0 Å². The molecule has 0 radical (unpaired) electrons. The number of hydrogen-bond donors (Lipinski definition) is 0. The molecule has 0 heterocycles. The molecular weight excluding hydrogens is 264 g/mol. The fourth-order valence-electron chi connectivity index (χ4n) is 3.17. The largest absolute Gasteiger partial charge is 0.0876 e. The van der Waals surface area contributed by atoms with Crippen molar-refractivity contribution in [3.05, 3.63) is 65.8 Å². The second-order valence-corrected chi connectivity index (χ2v) is 6.23. The molecule has 0 spiro atoms. The van der Waals surface area contributed by atoms with Crippen molar-refractivity contribution in [2.75, 3.05) is 0 Å². The molecule has 0 saturated heterocycles. The van der Waals surface area contributed by atoms with Crippen LogP contribution in [0.3, 0.4) is 0 Å². The van der Waals surface area contributed by atoms with Gasteiger partial charge in [0.2, 0.25) is 0 Å². The van der Waals surface area contributed by atoms with Crippen molar-refractivity contribution in [2.45, 2.75) is 59.8 Å². The van der Waals surface area contributed by atoms with Gasteiger partial charge in [-0.2, -0.15) is 0 Å². The predicted octanol–water partition coefficient (Wildman–Crippen LogP) is 7.15. The maximum absolute atomic E-state index is 2.38. The zero-order valence-corrected chi connectivity index (χ0v) is 13.7. The third-order valence-corrected chi connectivity index (χ3v) is 4.55. The molecule has 0 N–H and O–H groups in total. The van der Waals surface area contributed by atoms with Gasteiger partial charge in [-0.15, -0.1) is 0 Å². The van der Waals surface area contributed by atoms with E-state index in [1.54, 1.807) is 0 Å². The average Bonchev–Trinajstić information content (AvgIpc) is 2.52. The molecular formula is C22H32. The monoisotopic (exact) mass is 296 g/mol. The zero-order valence-electron chi connectivity index (χ0n) is 13.7. The summed E-state index contributed by atoms with van der Waals surface area (Å²) in [5.41, 5.74) is 4.11. The van der Waals surface area contributed by atoms with Crippen LogP contribution >= 0.6 is 0 Å². The quantitative estimate of drug-likeness (QED) is 0.517. The molecule has 0 aliphatic heterocycles. The molecule has 22 heavy (non-hydrogen) atoms. The van der Waals surface area contributed by atoms with Crippen molar-refractivity contribution in [3.8, 4) is 0 Å². The highest BCUT2D eigenvalue weighted by Gasteiger charge is 2.19. The number of allylic oxidation sites excluding steroid dienone is 6. The lowest BCUT2D eigenvalue weighted by atomic mass is 9.79. The Kier molecular flexibility index (Phi) is 7.95. The topological polar surface area (TPSA) is 0 Å². The first-order valence-electron chi connectivity index (χ1n) is 8.30. The Balaban J connectivity index is 0.00000242. The Hall–Kier alpha value is -1.56. The summed E-state index contributed by atoms with van der Waals surface area (Å²) >= 11 is 0. The highest BCUT2D eigenvalue weighted by Crippen LogP contribution is 2.35. The van der Waals surface area contributed by atoms with Gasteiger partial charge >= 0.3 is 0 Å². The third-order valence-electron chi connectivity index (χ3n) is 4.55. The molecule has 1 aromatic carbocycles. The van der Waals surface area contributed by atoms with E-state index in [1.165, 1.54) is 42.4 Å². The van der Waals surface area contributed by atoms with Gasteiger partial charge in [-0.1, -0.05) is 81.8 Å². The Morgan fingerprint density at radius 2 is 1.59 bits per heavy atom. The van der Waals surface area contributed by atoms with Crippen LogP contribution in [0.25, 0.3) is 5.57 Å². The molecule has 120 valence electrons. The van der Waals surface area contributed by atoms with E-state index in [-0.39, 0.29) is 7.43 Å². The molecule has 0 heteroatoms. The van der Waals surface area contributed by atoms with Crippen molar-refractivity contribution in [2.24, 2.45) is 5.92 Å². The van der Waals surface area contributed by atoms with Crippen LogP contribution in [0.15, 0.2) is 54.6 Å². The SMILES string of the molecule is C.C\C=C/C(=C\C=C\C)c1ccc(C2CCC(C)CC2)cc1. The Morgan fingerprint density at radius 3 is 2.14 bits per heavy atom. The van der Waals surface area contributed by atoms with Crippen LogP contribution in [0, 0.1) is 5.92 Å². The molecule has 1 aromatic rings. The number of hydrogen-bond acceptors (Lipinski definition) is 0. The number of rotatable bonds is 4. The van der Waals surface area contributed by atoms with Gasteiger partial charge < -0.3 is 0 Å². The van der Waals surface area contributed by atoms with E-state index < -0.39 is 0 Å². The molecule has 0 atom stereocenters. The average molecular weight is 296 g/mol. The molecule has 1 aliphatic carbocycles. The summed E-state index contributed by atoms with van der Waals surface area (Å²) in [5.74, 6) is 1.70. The smallest absolute Gasteiger partial charge is 0.0162 e. The van der Waals surface area contributed by atoms with Crippen LogP contribution in [0.5, 0.6) is 0 Å². The lowest BCUT2D eigenvalue weighted by Gasteiger charge is -2.26. The molecule has 2 rings (SSSR count). The van der Waals surface area contributed by atoms with Crippen molar-refractivity contribution in [1.29, 1.82) is 0 Å². The maximum atomic E-state index is 2.38. The first-order chi connectivity index (χ1) is 10.2. The van der Waals surface area contributed by atoms with E-state index in [0.717, 1.165) is 11.8 Å². The standard InChI is InChI=1S/C21H28.CH4/c1-4-6-8-18(7-5-2)20-13-15-21(16-14-20)19-11-9-17(3)10-12-19;/h4-8,13-17,19H,9-12H2,1-3H3;1H4/b6-4+,7-5-,18-8+;. The highest BCUT2D eigenvalue weighted by atomic mass is 14.2. The molecule has 0 aromatic heterocycles. The molecule has 1 fully saturated rings. The second kappa shape index (κ2) is 9.46. The lowest BCUT2D eigenvalue weighted by Crippen LogP contribution is -2.10. The maximum Gasteiger partial charge on any atom is -0.0162 e. The van der Waals surface area contributed by atoms with Crippen molar-refractivity contribution in [1.82, 2.24) is 0 Å². The van der Waals surface area contributed by atoms with Crippen LogP contribution in [-0.2, 0) is 0 Å². The van der Waals surface area contributed by atoms with E-state index in [2.05, 4.69) is 75.4 Å². The molecule has 1 aliphatic rings. The van der Waals surface area contributed by atoms with Gasteiger partial charge in [0.15, 0.2) is 0 Å². The summed E-state index contributed by atoms with van der Waals surface area (Å²) in [6.07, 6.45) is 16.1. The second-order valence-electron chi connectivity index (χ2n) is 6.23. The first kappa shape index (κ1) is 18.5.